The van der Waals surface area contributed by atoms with Gasteiger partial charge in [-0.05, 0) is 40.7 Å². The van der Waals surface area contributed by atoms with Crippen LogP contribution in [0.15, 0.2) is 18.6 Å². The highest BCUT2D eigenvalue weighted by atomic mass is 35.5. The van der Waals surface area contributed by atoms with Crippen molar-refractivity contribution in [2.24, 2.45) is 0 Å². The lowest BCUT2D eigenvalue weighted by Crippen LogP contribution is -2.41. The first-order valence-corrected chi connectivity index (χ1v) is 12.3. The van der Waals surface area contributed by atoms with Crippen LogP contribution in [0.5, 0.6) is 0 Å². The van der Waals surface area contributed by atoms with Crippen LogP contribution in [0.3, 0.4) is 0 Å². The smallest absolute Gasteiger partial charge is 0.464 e. The number of imidazole rings is 1. The summed E-state index contributed by atoms with van der Waals surface area (Å²) in [7, 11) is -0.738. The van der Waals surface area contributed by atoms with Crippen LogP contribution in [0.2, 0.25) is 10.0 Å². The zero-order chi connectivity index (χ0) is 25.3. The van der Waals surface area contributed by atoms with E-state index in [-0.39, 0.29) is 19.6 Å². The fraction of sp³-hybridized carbons (Fsp3) is 0.522. The van der Waals surface area contributed by atoms with Crippen molar-refractivity contribution in [3.8, 4) is 0 Å². The number of carbonyl (C=O) groups is 1. The third-order valence-electron chi connectivity index (χ3n) is 7.06. The number of halogens is 3. The number of fused-ring (bicyclic) bond motifs is 2. The van der Waals surface area contributed by atoms with Crippen LogP contribution in [-0.4, -0.2) is 56.4 Å². The van der Waals surface area contributed by atoms with E-state index in [2.05, 4.69) is 10.1 Å². The number of hydrogen-bond acceptors (Lipinski definition) is 6. The molecule has 1 fully saturated rings. The summed E-state index contributed by atoms with van der Waals surface area (Å²) in [6, 6.07) is 0.679. The van der Waals surface area contributed by atoms with Gasteiger partial charge in [-0.1, -0.05) is 23.2 Å². The molecule has 2 aliphatic rings. The largest absolute Gasteiger partial charge is 0.496 e. The fourth-order valence-electron chi connectivity index (χ4n) is 4.50. The second-order valence-electron chi connectivity index (χ2n) is 9.91. The van der Waals surface area contributed by atoms with Gasteiger partial charge < -0.3 is 18.6 Å². The molecule has 35 heavy (non-hydrogen) atoms. The van der Waals surface area contributed by atoms with E-state index in [9.17, 15) is 9.18 Å². The number of benzene rings is 1. The highest BCUT2D eigenvalue weighted by Gasteiger charge is 2.52. The van der Waals surface area contributed by atoms with Gasteiger partial charge in [-0.2, -0.15) is 5.10 Å². The number of alkyl halides is 1. The van der Waals surface area contributed by atoms with E-state index in [1.807, 2.05) is 27.7 Å². The van der Waals surface area contributed by atoms with E-state index in [0.717, 1.165) is 0 Å². The van der Waals surface area contributed by atoms with E-state index >= 15 is 0 Å². The minimum absolute atomic E-state index is 0.166. The third-order valence-corrected chi connectivity index (χ3v) is 7.77. The summed E-state index contributed by atoms with van der Waals surface area (Å²) in [5.41, 5.74) is 0.848. The molecule has 1 saturated heterocycles. The fourth-order valence-corrected chi connectivity index (χ4v) is 5.04. The van der Waals surface area contributed by atoms with Crippen molar-refractivity contribution >= 4 is 52.7 Å². The molecule has 2 aliphatic heterocycles. The van der Waals surface area contributed by atoms with Crippen molar-refractivity contribution < 1.29 is 23.2 Å². The average molecular weight is 523 g/mol. The molecule has 2 aromatic heterocycles. The number of esters is 1. The number of ether oxygens (including phenoxy) is 1. The van der Waals surface area contributed by atoms with Crippen molar-refractivity contribution in [2.45, 2.75) is 71.0 Å². The lowest BCUT2D eigenvalue weighted by molar-refractivity contribution is -0.146. The maximum atomic E-state index is 14.1. The van der Waals surface area contributed by atoms with E-state index in [1.165, 1.54) is 11.0 Å². The predicted octanol–water partition coefficient (Wildman–Crippen LogP) is 3.89. The van der Waals surface area contributed by atoms with Crippen LogP contribution >= 0.6 is 23.2 Å². The molecule has 0 bridgehead atoms. The molecule has 4 heterocycles. The summed E-state index contributed by atoms with van der Waals surface area (Å²) >= 11 is 13.4. The van der Waals surface area contributed by atoms with E-state index in [0.29, 0.717) is 37.8 Å². The van der Waals surface area contributed by atoms with Gasteiger partial charge in [-0.25, -0.2) is 14.2 Å². The van der Waals surface area contributed by atoms with Gasteiger partial charge in [-0.15, -0.1) is 0 Å². The van der Waals surface area contributed by atoms with Crippen LogP contribution in [0.4, 0.5) is 4.39 Å². The van der Waals surface area contributed by atoms with Crippen LogP contribution in [0.1, 0.15) is 52.0 Å². The van der Waals surface area contributed by atoms with Gasteiger partial charge in [-0.3, -0.25) is 4.68 Å². The van der Waals surface area contributed by atoms with E-state index in [1.54, 1.807) is 23.8 Å². The zero-order valence-electron chi connectivity index (χ0n) is 20.1. The molecular weight excluding hydrogens is 497 g/mol. The lowest BCUT2D eigenvalue weighted by Gasteiger charge is -2.32. The minimum Gasteiger partial charge on any atom is -0.464 e. The second-order valence-corrected chi connectivity index (χ2v) is 10.7. The topological polar surface area (TPSA) is 80.4 Å². The Balaban J connectivity index is 1.61. The number of rotatable bonds is 5. The molecule has 1 unspecified atom stereocenters. The van der Waals surface area contributed by atoms with E-state index < -0.39 is 36.5 Å². The highest BCUT2D eigenvalue weighted by Crippen LogP contribution is 2.39. The normalized spacial score (nSPS) is 21.5. The predicted molar refractivity (Wildman–Crippen MR) is 131 cm³/mol. The van der Waals surface area contributed by atoms with Gasteiger partial charge in [0.1, 0.15) is 11.7 Å². The lowest BCUT2D eigenvalue weighted by atomic mass is 9.78. The maximum absolute atomic E-state index is 14.1. The number of hydrogen-bond donors (Lipinski definition) is 0. The molecule has 8 nitrogen and oxygen atoms in total. The number of carbonyl (C=O) groups excluding carboxylic acids is 1. The van der Waals surface area contributed by atoms with Crippen LogP contribution in [0.25, 0.3) is 10.9 Å². The first kappa shape index (κ1) is 24.6. The Labute approximate surface area is 212 Å². The van der Waals surface area contributed by atoms with Crippen molar-refractivity contribution in [1.82, 2.24) is 19.3 Å². The van der Waals surface area contributed by atoms with Gasteiger partial charge in [0.05, 0.1) is 46.4 Å². The molecule has 186 valence electrons. The number of nitrogens with zero attached hydrogens (tertiary/aromatic N) is 4. The second kappa shape index (κ2) is 8.47. The van der Waals surface area contributed by atoms with Gasteiger partial charge in [0.2, 0.25) is 0 Å². The monoisotopic (exact) mass is 522 g/mol. The molecule has 0 aliphatic carbocycles. The third kappa shape index (κ3) is 3.95. The van der Waals surface area contributed by atoms with Crippen molar-refractivity contribution in [1.29, 1.82) is 0 Å². The Bertz CT molecular complexity index is 1310. The average Bonchev–Trinajstić information content (AvgIpc) is 3.49. The molecule has 12 heteroatoms. The van der Waals surface area contributed by atoms with Crippen molar-refractivity contribution in [2.75, 3.05) is 6.61 Å². The molecule has 0 N–H and O–H groups in total. The molecule has 0 spiro atoms. The van der Waals surface area contributed by atoms with Gasteiger partial charge >= 0.3 is 13.1 Å². The molecule has 0 saturated carbocycles. The van der Waals surface area contributed by atoms with Gasteiger partial charge in [0, 0.05) is 29.2 Å². The Hall–Kier alpha value is -2.14. The first-order valence-electron chi connectivity index (χ1n) is 11.5. The Kier molecular flexibility index (Phi) is 5.94. The summed E-state index contributed by atoms with van der Waals surface area (Å²) < 4.78 is 34.9. The standard InChI is InChI=1S/C23H26BCl2FN4O4/c1-6-33-21(32)20(19-16-7-12(27)9-30(16)11-28-19)31-10-13-15(25)8-14(17(26)18(13)29-31)24-34-22(2,3)23(4,5)35-24/h8,10-12,20H,6-7,9H2,1-5H3/t12-,20?/m1/s1. The van der Waals surface area contributed by atoms with E-state index in [4.69, 9.17) is 37.2 Å². The van der Waals surface area contributed by atoms with Crippen molar-refractivity contribution in [3.05, 3.63) is 40.0 Å². The summed E-state index contributed by atoms with van der Waals surface area (Å²) in [5, 5.41) is 5.86. The molecule has 2 atom stereocenters. The molecule has 0 amide bonds. The Morgan fingerprint density at radius 3 is 2.66 bits per heavy atom. The first-order chi connectivity index (χ1) is 16.4. The molecule has 5 rings (SSSR count). The zero-order valence-corrected chi connectivity index (χ0v) is 21.7. The molecule has 0 radical (unpaired) electrons. The number of aromatic nitrogens is 4. The maximum Gasteiger partial charge on any atom is 0.496 e. The summed E-state index contributed by atoms with van der Waals surface area (Å²) in [6.07, 6.45) is 2.31. The Morgan fingerprint density at radius 1 is 1.31 bits per heavy atom. The Morgan fingerprint density at radius 2 is 2.00 bits per heavy atom. The minimum atomic E-state index is -1.03. The van der Waals surface area contributed by atoms with Gasteiger partial charge in [0.25, 0.3) is 0 Å². The van der Waals surface area contributed by atoms with Crippen LogP contribution in [-0.2, 0) is 31.8 Å². The molecule has 1 aromatic carbocycles. The summed E-state index contributed by atoms with van der Waals surface area (Å²) in [4.78, 5) is 17.5. The molecule has 3 aromatic rings. The summed E-state index contributed by atoms with van der Waals surface area (Å²) in [6.45, 7) is 9.89. The SMILES string of the molecule is CCOC(=O)C(c1ncn2c1C[C@@H](F)C2)n1cc2c(Cl)cc(B3OC(C)(C)C(C)(C)O3)c(Cl)c2n1. The van der Waals surface area contributed by atoms with Crippen molar-refractivity contribution in [3.63, 3.8) is 0 Å². The van der Waals surface area contributed by atoms with Crippen LogP contribution < -0.4 is 5.46 Å². The van der Waals surface area contributed by atoms with Gasteiger partial charge in [0.15, 0.2) is 6.04 Å². The summed E-state index contributed by atoms with van der Waals surface area (Å²) in [5.74, 6) is -0.553. The quantitative estimate of drug-likeness (QED) is 0.373. The molecular formula is C23H26BCl2FN4O4. The highest BCUT2D eigenvalue weighted by molar-refractivity contribution is 6.67. The van der Waals surface area contributed by atoms with Crippen LogP contribution in [0, 0.1) is 0 Å².